The van der Waals surface area contributed by atoms with Crippen LogP contribution in [-0.2, 0) is 29.2 Å². The molecule has 0 unspecified atom stereocenters. The minimum Gasteiger partial charge on any atom is -0.491 e. The van der Waals surface area contributed by atoms with Gasteiger partial charge < -0.3 is 39.4 Å². The molecule has 2 atom stereocenters. The Morgan fingerprint density at radius 2 is 1.19 bits per heavy atom. The van der Waals surface area contributed by atoms with Crippen molar-refractivity contribution >= 4 is 23.4 Å². The van der Waals surface area contributed by atoms with Crippen molar-refractivity contribution in [2.24, 2.45) is 0 Å². The van der Waals surface area contributed by atoms with Crippen LogP contribution in [0.3, 0.4) is 0 Å². The average molecular weight is 843 g/mol. The number of benzene rings is 4. The summed E-state index contributed by atoms with van der Waals surface area (Å²) in [4.78, 5) is 47.9. The topological polar surface area (TPSA) is 153 Å². The molecule has 4 amide bonds. The normalized spacial score (nSPS) is 15.9. The molecule has 0 aliphatic carbocycles. The van der Waals surface area contributed by atoms with Gasteiger partial charge in [0.15, 0.2) is 23.3 Å². The smallest absolute Gasteiger partial charge is 0.322 e. The number of carbonyl (C=O) groups excluding carboxylic acids is 2. The number of halogens is 2. The van der Waals surface area contributed by atoms with E-state index in [0.717, 1.165) is 52.6 Å². The molecule has 2 N–H and O–H groups in total. The number of nitrogens with one attached hydrogen (secondary N) is 2. The SMILES string of the molecule is COC[C@H]1COc2ccc(COC[C@@H]3COc4ccccc4CN3C(=O)Nc3ccc(C)c(-c4ncc(F)cn4)c3)cc2CN1C(=O)Nc1ccc(C)c(-c2ncc(F)cn2)c1. The number of hydrogen-bond donors (Lipinski definition) is 2. The molecule has 318 valence electrons. The summed E-state index contributed by atoms with van der Waals surface area (Å²) in [5.41, 5.74) is 6.56. The van der Waals surface area contributed by atoms with Crippen LogP contribution in [0.4, 0.5) is 29.7 Å². The molecule has 14 nitrogen and oxygen atoms in total. The van der Waals surface area contributed by atoms with Crippen LogP contribution in [0.15, 0.2) is 104 Å². The maximum atomic E-state index is 14.1. The van der Waals surface area contributed by atoms with Crippen molar-refractivity contribution in [1.29, 1.82) is 0 Å². The van der Waals surface area contributed by atoms with Crippen molar-refractivity contribution in [3.63, 3.8) is 0 Å². The molecule has 2 aliphatic heterocycles. The van der Waals surface area contributed by atoms with E-state index >= 15 is 0 Å². The highest BCUT2D eigenvalue weighted by Gasteiger charge is 2.31. The second-order valence-electron chi connectivity index (χ2n) is 15.1. The summed E-state index contributed by atoms with van der Waals surface area (Å²) in [6.45, 7) is 5.28. The largest absolute Gasteiger partial charge is 0.491 e. The molecule has 0 fully saturated rings. The van der Waals surface area contributed by atoms with Gasteiger partial charge in [0.1, 0.15) is 24.7 Å². The van der Waals surface area contributed by atoms with E-state index < -0.39 is 23.7 Å². The molecule has 0 spiro atoms. The molecule has 62 heavy (non-hydrogen) atoms. The fourth-order valence-corrected chi connectivity index (χ4v) is 7.37. The number of rotatable bonds is 10. The lowest BCUT2D eigenvalue weighted by Gasteiger charge is -2.29. The van der Waals surface area contributed by atoms with Gasteiger partial charge in [-0.3, -0.25) is 0 Å². The van der Waals surface area contributed by atoms with Crippen LogP contribution in [0.5, 0.6) is 11.5 Å². The molecule has 0 bridgehead atoms. The highest BCUT2D eigenvalue weighted by molar-refractivity contribution is 5.91. The predicted octanol–water partition coefficient (Wildman–Crippen LogP) is 7.95. The third-order valence-corrected chi connectivity index (χ3v) is 10.7. The van der Waals surface area contributed by atoms with Crippen molar-refractivity contribution in [2.75, 3.05) is 44.2 Å². The zero-order valence-corrected chi connectivity index (χ0v) is 34.3. The van der Waals surface area contributed by atoms with Gasteiger partial charge in [-0.1, -0.05) is 36.4 Å². The quantitative estimate of drug-likeness (QED) is 0.139. The fraction of sp³-hybridized carbons (Fsp3) is 0.261. The third-order valence-electron chi connectivity index (χ3n) is 10.7. The summed E-state index contributed by atoms with van der Waals surface area (Å²) in [7, 11) is 1.57. The second-order valence-corrected chi connectivity index (χ2v) is 15.1. The Labute approximate surface area is 356 Å². The number of carbonyl (C=O) groups is 2. The molecular weight excluding hydrogens is 799 g/mol. The highest BCUT2D eigenvalue weighted by Crippen LogP contribution is 2.31. The van der Waals surface area contributed by atoms with Crippen LogP contribution in [0.2, 0.25) is 0 Å². The summed E-state index contributed by atoms with van der Waals surface area (Å²) < 4.78 is 51.3. The lowest BCUT2D eigenvalue weighted by molar-refractivity contribution is 0.0480. The van der Waals surface area contributed by atoms with Gasteiger partial charge in [0, 0.05) is 40.7 Å². The Kier molecular flexibility index (Phi) is 12.6. The summed E-state index contributed by atoms with van der Waals surface area (Å²) in [5, 5.41) is 6.02. The van der Waals surface area contributed by atoms with Gasteiger partial charge in [-0.2, -0.15) is 0 Å². The zero-order valence-electron chi connectivity index (χ0n) is 34.3. The summed E-state index contributed by atoms with van der Waals surface area (Å²) >= 11 is 0. The monoisotopic (exact) mass is 842 g/mol. The Bertz CT molecular complexity index is 2560. The molecule has 0 saturated carbocycles. The number of hydrogen-bond acceptors (Lipinski definition) is 10. The van der Waals surface area contributed by atoms with Crippen LogP contribution in [-0.4, -0.2) is 87.4 Å². The van der Waals surface area contributed by atoms with Crippen LogP contribution in [0.1, 0.15) is 27.8 Å². The average Bonchev–Trinajstić information content (AvgIpc) is 3.58. The van der Waals surface area contributed by atoms with Gasteiger partial charge >= 0.3 is 12.1 Å². The van der Waals surface area contributed by atoms with Crippen LogP contribution in [0.25, 0.3) is 22.8 Å². The van der Waals surface area contributed by atoms with Gasteiger partial charge in [0.2, 0.25) is 0 Å². The third kappa shape index (κ3) is 9.61. The van der Waals surface area contributed by atoms with E-state index in [1.54, 1.807) is 41.2 Å². The lowest BCUT2D eigenvalue weighted by atomic mass is 10.1. The number of amides is 4. The van der Waals surface area contributed by atoms with E-state index in [1.807, 2.05) is 68.4 Å². The second kappa shape index (κ2) is 18.7. The van der Waals surface area contributed by atoms with E-state index in [1.165, 1.54) is 0 Å². The number of methoxy groups -OCH3 is 1. The minimum atomic E-state index is -0.540. The molecule has 4 aromatic carbocycles. The minimum absolute atomic E-state index is 0.156. The van der Waals surface area contributed by atoms with E-state index in [2.05, 4.69) is 30.6 Å². The molecule has 6 aromatic rings. The number of fused-ring (bicyclic) bond motifs is 2. The standard InChI is InChI=1S/C46H44F2N8O6/c1-28-8-11-35(15-39(28)43-49-17-33(47)18-50-43)53-45(57)55-21-31-6-4-5-7-41(31)61-27-38(55)25-60-23-30-10-13-42-32(14-30)22-56(37(24-59-3)26-62-42)46(58)54-36-12-9-29(2)40(16-36)44-51-19-34(48)20-52-44/h4-20,37-38H,21-27H2,1-3H3,(H,53,57)(H,54,58)/t37-,38+/m0/s1. The van der Waals surface area contributed by atoms with E-state index in [-0.39, 0.29) is 58.2 Å². The van der Waals surface area contributed by atoms with Gasteiger partial charge in [0.25, 0.3) is 0 Å². The van der Waals surface area contributed by atoms with Gasteiger partial charge in [-0.25, -0.2) is 38.3 Å². The molecule has 16 heteroatoms. The molecule has 8 rings (SSSR count). The summed E-state index contributed by atoms with van der Waals surface area (Å²) in [5.74, 6) is 0.931. The summed E-state index contributed by atoms with van der Waals surface area (Å²) in [6.07, 6.45) is 4.42. The molecule has 4 heterocycles. The van der Waals surface area contributed by atoms with Crippen LogP contribution < -0.4 is 20.1 Å². The lowest BCUT2D eigenvalue weighted by Crippen LogP contribution is -2.46. The number of anilines is 2. The fourth-order valence-electron chi connectivity index (χ4n) is 7.37. The van der Waals surface area contributed by atoms with Crippen LogP contribution in [0, 0.1) is 25.5 Å². The zero-order chi connectivity index (χ0) is 43.2. The number of nitrogens with zero attached hydrogens (tertiary/aromatic N) is 6. The Morgan fingerprint density at radius 3 is 1.76 bits per heavy atom. The van der Waals surface area contributed by atoms with Crippen molar-refractivity contribution in [3.05, 3.63) is 143 Å². The first kappa shape index (κ1) is 41.7. The Morgan fingerprint density at radius 1 is 0.677 bits per heavy atom. The van der Waals surface area contributed by atoms with Crippen molar-refractivity contribution < 1.29 is 37.3 Å². The number of aryl methyl sites for hydroxylation is 2. The van der Waals surface area contributed by atoms with E-state index in [4.69, 9.17) is 18.9 Å². The summed E-state index contributed by atoms with van der Waals surface area (Å²) in [6, 6.07) is 22.5. The molecule has 0 radical (unpaired) electrons. The van der Waals surface area contributed by atoms with E-state index in [9.17, 15) is 18.4 Å². The number of para-hydroxylation sites is 1. The predicted molar refractivity (Wildman–Crippen MR) is 226 cm³/mol. The Balaban J connectivity index is 0.959. The molecule has 0 saturated heterocycles. The first-order valence-electron chi connectivity index (χ1n) is 20.0. The maximum Gasteiger partial charge on any atom is 0.322 e. The Hall–Kier alpha value is -7.04. The van der Waals surface area contributed by atoms with E-state index in [0.29, 0.717) is 45.6 Å². The van der Waals surface area contributed by atoms with Gasteiger partial charge in [-0.15, -0.1) is 0 Å². The maximum absolute atomic E-state index is 14.1. The van der Waals surface area contributed by atoms with Gasteiger partial charge in [0.05, 0.1) is 69.8 Å². The van der Waals surface area contributed by atoms with Gasteiger partial charge in [-0.05, 0) is 73.0 Å². The van der Waals surface area contributed by atoms with Crippen LogP contribution >= 0.6 is 0 Å². The first-order valence-corrected chi connectivity index (χ1v) is 20.0. The number of ether oxygens (including phenoxy) is 4. The van der Waals surface area contributed by atoms with Crippen molar-refractivity contribution in [2.45, 2.75) is 45.6 Å². The van der Waals surface area contributed by atoms with Crippen molar-refractivity contribution in [1.82, 2.24) is 29.7 Å². The van der Waals surface area contributed by atoms with Crippen molar-refractivity contribution in [3.8, 4) is 34.3 Å². The number of aromatic nitrogens is 4. The number of urea groups is 2. The molecule has 2 aromatic heterocycles. The molecular formula is C46H44F2N8O6. The first-order chi connectivity index (χ1) is 30.1. The highest BCUT2D eigenvalue weighted by atomic mass is 19.1. The molecule has 2 aliphatic rings.